The maximum absolute atomic E-state index is 11.0. The summed E-state index contributed by atoms with van der Waals surface area (Å²) in [4.78, 5) is 21.5. The van der Waals surface area contributed by atoms with E-state index in [2.05, 4.69) is 0 Å². The highest BCUT2D eigenvalue weighted by Gasteiger charge is 2.33. The number of hydrogen-bond acceptors (Lipinski definition) is 2. The molecule has 4 heteroatoms. The third-order valence-corrected chi connectivity index (χ3v) is 2.89. The molecule has 0 saturated carbocycles. The SMILES string of the molecule is CCC(CC)(CCCC(N)=O)C(=O)O. The number of amides is 1. The summed E-state index contributed by atoms with van der Waals surface area (Å²) in [7, 11) is 0. The van der Waals surface area contributed by atoms with Crippen LogP contribution in [0.1, 0.15) is 46.0 Å². The van der Waals surface area contributed by atoms with E-state index in [9.17, 15) is 9.59 Å². The fraction of sp³-hybridized carbons (Fsp3) is 0.800. The van der Waals surface area contributed by atoms with Crippen LogP contribution in [0.3, 0.4) is 0 Å². The normalized spacial score (nSPS) is 11.3. The average Bonchev–Trinajstić information content (AvgIpc) is 2.12. The van der Waals surface area contributed by atoms with Crippen molar-refractivity contribution in [3.63, 3.8) is 0 Å². The lowest BCUT2D eigenvalue weighted by molar-refractivity contribution is -0.150. The molecule has 4 nitrogen and oxygen atoms in total. The Morgan fingerprint density at radius 2 is 1.79 bits per heavy atom. The third kappa shape index (κ3) is 3.36. The summed E-state index contributed by atoms with van der Waals surface area (Å²) in [6.07, 6.45) is 2.55. The van der Waals surface area contributed by atoms with Crippen molar-refractivity contribution in [3.05, 3.63) is 0 Å². The van der Waals surface area contributed by atoms with Gasteiger partial charge in [0.05, 0.1) is 5.41 Å². The molecule has 0 aromatic rings. The molecule has 0 aromatic heterocycles. The first kappa shape index (κ1) is 12.9. The number of primary amides is 1. The van der Waals surface area contributed by atoms with Crippen LogP contribution in [0.15, 0.2) is 0 Å². The summed E-state index contributed by atoms with van der Waals surface area (Å²) in [5.41, 5.74) is 4.32. The number of carboxylic acids is 1. The van der Waals surface area contributed by atoms with Crippen LogP contribution in [0.25, 0.3) is 0 Å². The summed E-state index contributed by atoms with van der Waals surface area (Å²) in [5.74, 6) is -1.14. The number of hydrogen-bond donors (Lipinski definition) is 2. The molecule has 0 aromatic carbocycles. The van der Waals surface area contributed by atoms with Gasteiger partial charge in [0.15, 0.2) is 0 Å². The van der Waals surface area contributed by atoms with Gasteiger partial charge in [-0.15, -0.1) is 0 Å². The lowest BCUT2D eigenvalue weighted by Crippen LogP contribution is -2.30. The fourth-order valence-electron chi connectivity index (χ4n) is 1.61. The molecule has 0 aliphatic carbocycles. The summed E-state index contributed by atoms with van der Waals surface area (Å²) >= 11 is 0. The molecule has 0 radical (unpaired) electrons. The van der Waals surface area contributed by atoms with Crippen LogP contribution in [0.4, 0.5) is 0 Å². The van der Waals surface area contributed by atoms with Crippen molar-refractivity contribution in [2.45, 2.75) is 46.0 Å². The van der Waals surface area contributed by atoms with Crippen molar-refractivity contribution in [2.75, 3.05) is 0 Å². The summed E-state index contributed by atoms with van der Waals surface area (Å²) < 4.78 is 0. The zero-order valence-electron chi connectivity index (χ0n) is 8.88. The highest BCUT2D eigenvalue weighted by atomic mass is 16.4. The lowest BCUT2D eigenvalue weighted by Gasteiger charge is -2.26. The number of nitrogens with two attached hydrogens (primary N) is 1. The Morgan fingerprint density at radius 3 is 2.07 bits per heavy atom. The van der Waals surface area contributed by atoms with Crippen molar-refractivity contribution in [2.24, 2.45) is 11.1 Å². The van der Waals surface area contributed by atoms with E-state index in [4.69, 9.17) is 10.8 Å². The number of carboxylic acid groups (broad SMARTS) is 1. The van der Waals surface area contributed by atoms with Crippen LogP contribution in [-0.2, 0) is 9.59 Å². The van der Waals surface area contributed by atoms with Gasteiger partial charge in [0.25, 0.3) is 0 Å². The maximum atomic E-state index is 11.0. The summed E-state index contributed by atoms with van der Waals surface area (Å²) in [6, 6.07) is 0. The smallest absolute Gasteiger partial charge is 0.309 e. The van der Waals surface area contributed by atoms with E-state index < -0.39 is 11.4 Å². The van der Waals surface area contributed by atoms with E-state index in [0.29, 0.717) is 25.7 Å². The van der Waals surface area contributed by atoms with Crippen LogP contribution in [0.2, 0.25) is 0 Å². The van der Waals surface area contributed by atoms with Crippen LogP contribution >= 0.6 is 0 Å². The van der Waals surface area contributed by atoms with Gasteiger partial charge in [0, 0.05) is 6.42 Å². The Kier molecular flexibility index (Phi) is 5.20. The molecule has 0 bridgehead atoms. The summed E-state index contributed by atoms with van der Waals surface area (Å²) in [5, 5.41) is 9.07. The van der Waals surface area contributed by atoms with Crippen molar-refractivity contribution < 1.29 is 14.7 Å². The van der Waals surface area contributed by atoms with Gasteiger partial charge in [-0.05, 0) is 25.7 Å². The highest BCUT2D eigenvalue weighted by Crippen LogP contribution is 2.32. The van der Waals surface area contributed by atoms with E-state index in [1.807, 2.05) is 13.8 Å². The first-order chi connectivity index (χ1) is 6.48. The van der Waals surface area contributed by atoms with Crippen LogP contribution < -0.4 is 5.73 Å². The van der Waals surface area contributed by atoms with Gasteiger partial charge < -0.3 is 10.8 Å². The Bertz CT molecular complexity index is 209. The monoisotopic (exact) mass is 201 g/mol. The molecule has 0 spiro atoms. The Morgan fingerprint density at radius 1 is 1.29 bits per heavy atom. The second-order valence-electron chi connectivity index (χ2n) is 3.61. The molecule has 0 unspecified atom stereocenters. The van der Waals surface area contributed by atoms with Gasteiger partial charge in [0.1, 0.15) is 0 Å². The Labute approximate surface area is 84.5 Å². The number of aliphatic carboxylic acids is 1. The molecule has 14 heavy (non-hydrogen) atoms. The first-order valence-electron chi connectivity index (χ1n) is 5.00. The molecule has 3 N–H and O–H groups in total. The second kappa shape index (κ2) is 5.62. The topological polar surface area (TPSA) is 80.4 Å². The van der Waals surface area contributed by atoms with Crippen molar-refractivity contribution >= 4 is 11.9 Å². The number of carbonyl (C=O) groups excluding carboxylic acids is 1. The predicted molar refractivity (Wildman–Crippen MR) is 53.7 cm³/mol. The lowest BCUT2D eigenvalue weighted by atomic mass is 9.78. The second-order valence-corrected chi connectivity index (χ2v) is 3.61. The summed E-state index contributed by atoms with van der Waals surface area (Å²) in [6.45, 7) is 3.73. The first-order valence-corrected chi connectivity index (χ1v) is 5.00. The van der Waals surface area contributed by atoms with Gasteiger partial charge >= 0.3 is 5.97 Å². The van der Waals surface area contributed by atoms with Crippen LogP contribution in [-0.4, -0.2) is 17.0 Å². The number of carbonyl (C=O) groups is 2. The van der Waals surface area contributed by atoms with E-state index in [1.165, 1.54) is 0 Å². The molecule has 0 fully saturated rings. The fourth-order valence-corrected chi connectivity index (χ4v) is 1.61. The quantitative estimate of drug-likeness (QED) is 0.655. The van der Waals surface area contributed by atoms with Gasteiger partial charge in [-0.1, -0.05) is 13.8 Å². The minimum Gasteiger partial charge on any atom is -0.481 e. The Hall–Kier alpha value is -1.06. The van der Waals surface area contributed by atoms with Crippen LogP contribution in [0, 0.1) is 5.41 Å². The molecular formula is C10H19NO3. The molecule has 0 saturated heterocycles. The average molecular weight is 201 g/mol. The van der Waals surface area contributed by atoms with E-state index in [1.54, 1.807) is 0 Å². The highest BCUT2D eigenvalue weighted by molar-refractivity contribution is 5.75. The van der Waals surface area contributed by atoms with Crippen molar-refractivity contribution in [3.8, 4) is 0 Å². The Balaban J connectivity index is 4.22. The number of rotatable bonds is 7. The van der Waals surface area contributed by atoms with Crippen LogP contribution in [0.5, 0.6) is 0 Å². The maximum Gasteiger partial charge on any atom is 0.309 e. The molecular weight excluding hydrogens is 182 g/mol. The minimum atomic E-state index is -0.771. The van der Waals surface area contributed by atoms with Gasteiger partial charge in [-0.3, -0.25) is 9.59 Å². The molecule has 0 aliphatic rings. The van der Waals surface area contributed by atoms with Crippen molar-refractivity contribution in [1.29, 1.82) is 0 Å². The van der Waals surface area contributed by atoms with Gasteiger partial charge in [0.2, 0.25) is 5.91 Å². The predicted octanol–water partition coefficient (Wildman–Crippen LogP) is 1.53. The largest absolute Gasteiger partial charge is 0.481 e. The molecule has 0 rings (SSSR count). The molecule has 0 atom stereocenters. The van der Waals surface area contributed by atoms with E-state index >= 15 is 0 Å². The van der Waals surface area contributed by atoms with E-state index in [0.717, 1.165) is 0 Å². The molecule has 0 heterocycles. The van der Waals surface area contributed by atoms with Crippen molar-refractivity contribution in [1.82, 2.24) is 0 Å². The van der Waals surface area contributed by atoms with Gasteiger partial charge in [-0.25, -0.2) is 0 Å². The molecule has 1 amide bonds. The van der Waals surface area contributed by atoms with Gasteiger partial charge in [-0.2, -0.15) is 0 Å². The molecule has 0 aliphatic heterocycles. The third-order valence-electron chi connectivity index (χ3n) is 2.89. The standard InChI is InChI=1S/C10H19NO3/c1-3-10(4-2,9(13)14)7-5-6-8(11)12/h3-7H2,1-2H3,(H2,11,12)(H,13,14). The van der Waals surface area contributed by atoms with E-state index in [-0.39, 0.29) is 12.3 Å². The zero-order valence-corrected chi connectivity index (χ0v) is 8.88. The minimum absolute atomic E-state index is 0.273. The molecule has 82 valence electrons. The zero-order chi connectivity index (χ0) is 11.2.